The number of nitrogens with zero attached hydrogens (tertiary/aromatic N) is 2. The van der Waals surface area contributed by atoms with Gasteiger partial charge >= 0.3 is 5.97 Å². The van der Waals surface area contributed by atoms with Crippen molar-refractivity contribution < 1.29 is 24.2 Å². The third-order valence-electron chi connectivity index (χ3n) is 8.32. The van der Waals surface area contributed by atoms with Crippen molar-refractivity contribution in [2.24, 2.45) is 5.92 Å². The highest BCUT2D eigenvalue weighted by Crippen LogP contribution is 2.34. The SMILES string of the molecule is O=C(O)CCNC(=O)[C@H](c1ccc(OCc2ccccc2)cc1)C1CCN(C(=O)CCc2cccc(-c3cccnc3)c2)CC1. The normalized spacial score (nSPS) is 14.0. The minimum atomic E-state index is -0.956. The largest absolute Gasteiger partial charge is 0.489 e. The average Bonchev–Trinajstić information content (AvgIpc) is 3.08. The van der Waals surface area contributed by atoms with Crippen LogP contribution in [0.5, 0.6) is 5.75 Å². The number of ether oxygens (including phenoxy) is 1. The first-order chi connectivity index (χ1) is 22.0. The number of benzene rings is 3. The lowest BCUT2D eigenvalue weighted by Crippen LogP contribution is -2.43. The first kappa shape index (κ1) is 31.4. The molecule has 2 N–H and O–H groups in total. The van der Waals surface area contributed by atoms with Gasteiger partial charge in [0, 0.05) is 38.4 Å². The van der Waals surface area contributed by atoms with E-state index in [2.05, 4.69) is 16.4 Å². The van der Waals surface area contributed by atoms with Gasteiger partial charge in [-0.25, -0.2) is 0 Å². The number of nitrogens with one attached hydrogen (secondary N) is 1. The number of hydrogen-bond donors (Lipinski definition) is 2. The molecule has 1 aliphatic heterocycles. The third-order valence-corrected chi connectivity index (χ3v) is 8.32. The van der Waals surface area contributed by atoms with Gasteiger partial charge in [-0.1, -0.05) is 72.8 Å². The summed E-state index contributed by atoms with van der Waals surface area (Å²) in [6.07, 6.45) is 5.90. The number of carbonyl (C=O) groups excluding carboxylic acids is 2. The van der Waals surface area contributed by atoms with Gasteiger partial charge in [0.2, 0.25) is 11.8 Å². The van der Waals surface area contributed by atoms with Crippen molar-refractivity contribution in [3.8, 4) is 16.9 Å². The minimum absolute atomic E-state index is 0.0196. The maximum absolute atomic E-state index is 13.4. The minimum Gasteiger partial charge on any atom is -0.489 e. The summed E-state index contributed by atoms with van der Waals surface area (Å²) >= 11 is 0. The molecule has 0 bridgehead atoms. The Morgan fingerprint density at radius 2 is 1.60 bits per heavy atom. The van der Waals surface area contributed by atoms with Crippen LogP contribution in [0.1, 0.15) is 48.3 Å². The molecule has 3 aromatic carbocycles. The number of piperidine rings is 1. The van der Waals surface area contributed by atoms with Crippen LogP contribution in [0.4, 0.5) is 0 Å². The Bertz CT molecular complexity index is 1550. The summed E-state index contributed by atoms with van der Waals surface area (Å²) in [6, 6.07) is 29.6. The van der Waals surface area contributed by atoms with Gasteiger partial charge in [-0.15, -0.1) is 0 Å². The molecule has 1 fully saturated rings. The lowest BCUT2D eigenvalue weighted by molar-refractivity contribution is -0.137. The van der Waals surface area contributed by atoms with Crippen LogP contribution in [0, 0.1) is 5.92 Å². The highest BCUT2D eigenvalue weighted by Gasteiger charge is 2.33. The lowest BCUT2D eigenvalue weighted by Gasteiger charge is -2.36. The summed E-state index contributed by atoms with van der Waals surface area (Å²) in [5, 5.41) is 11.9. The van der Waals surface area contributed by atoms with Crippen LogP contribution in [0.2, 0.25) is 0 Å². The van der Waals surface area contributed by atoms with Gasteiger partial charge in [0.25, 0.3) is 0 Å². The topological polar surface area (TPSA) is 109 Å². The second-order valence-corrected chi connectivity index (χ2v) is 11.4. The van der Waals surface area contributed by atoms with Crippen molar-refractivity contribution in [1.29, 1.82) is 0 Å². The summed E-state index contributed by atoms with van der Waals surface area (Å²) in [7, 11) is 0. The molecular formula is C37H39N3O5. The molecule has 45 heavy (non-hydrogen) atoms. The molecule has 4 aromatic rings. The molecule has 0 radical (unpaired) electrons. The number of aryl methyl sites for hydroxylation is 1. The zero-order chi connectivity index (χ0) is 31.4. The van der Waals surface area contributed by atoms with Crippen LogP contribution in [0.15, 0.2) is 103 Å². The predicted octanol–water partition coefficient (Wildman–Crippen LogP) is 5.87. The first-order valence-corrected chi connectivity index (χ1v) is 15.5. The molecule has 8 nitrogen and oxygen atoms in total. The van der Waals surface area contributed by atoms with Gasteiger partial charge in [0.05, 0.1) is 12.3 Å². The molecule has 1 aliphatic rings. The zero-order valence-corrected chi connectivity index (χ0v) is 25.3. The van der Waals surface area contributed by atoms with Crippen LogP contribution in [0.3, 0.4) is 0 Å². The molecule has 0 saturated carbocycles. The number of likely N-dealkylation sites (tertiary alicyclic amines) is 1. The average molecular weight is 606 g/mol. The highest BCUT2D eigenvalue weighted by molar-refractivity contribution is 5.84. The molecule has 232 valence electrons. The Morgan fingerprint density at radius 1 is 0.867 bits per heavy atom. The van der Waals surface area contributed by atoms with Crippen molar-refractivity contribution in [3.63, 3.8) is 0 Å². The van der Waals surface area contributed by atoms with Gasteiger partial charge in [0.1, 0.15) is 12.4 Å². The number of amides is 2. The molecule has 0 unspecified atom stereocenters. The highest BCUT2D eigenvalue weighted by atomic mass is 16.5. The summed E-state index contributed by atoms with van der Waals surface area (Å²) in [4.78, 5) is 43.7. The molecule has 2 heterocycles. The van der Waals surface area contributed by atoms with E-state index in [0.717, 1.165) is 27.8 Å². The predicted molar refractivity (Wildman–Crippen MR) is 173 cm³/mol. The summed E-state index contributed by atoms with van der Waals surface area (Å²) in [5.41, 5.74) is 5.15. The van der Waals surface area contributed by atoms with E-state index in [9.17, 15) is 14.4 Å². The Kier molecular flexibility index (Phi) is 10.9. The van der Waals surface area contributed by atoms with E-state index in [1.54, 1.807) is 6.20 Å². The van der Waals surface area contributed by atoms with Crippen molar-refractivity contribution >= 4 is 17.8 Å². The van der Waals surface area contributed by atoms with E-state index in [1.165, 1.54) is 0 Å². The Hall–Kier alpha value is -4.98. The number of pyridine rings is 1. The van der Waals surface area contributed by atoms with Gasteiger partial charge in [-0.3, -0.25) is 19.4 Å². The molecular weight excluding hydrogens is 566 g/mol. The van der Waals surface area contributed by atoms with Gasteiger partial charge < -0.3 is 20.1 Å². The smallest absolute Gasteiger partial charge is 0.305 e. The number of carbonyl (C=O) groups is 3. The summed E-state index contributed by atoms with van der Waals surface area (Å²) < 4.78 is 5.94. The Labute approximate surface area is 264 Å². The van der Waals surface area contributed by atoms with Crippen molar-refractivity contribution in [2.75, 3.05) is 19.6 Å². The van der Waals surface area contributed by atoms with Crippen LogP contribution in [0.25, 0.3) is 11.1 Å². The summed E-state index contributed by atoms with van der Waals surface area (Å²) in [5.74, 6) is -0.753. The monoisotopic (exact) mass is 605 g/mol. The van der Waals surface area contributed by atoms with E-state index in [0.29, 0.717) is 51.1 Å². The van der Waals surface area contributed by atoms with E-state index >= 15 is 0 Å². The fourth-order valence-corrected chi connectivity index (χ4v) is 5.88. The molecule has 5 rings (SSSR count). The number of hydrogen-bond acceptors (Lipinski definition) is 5. The van der Waals surface area contributed by atoms with E-state index in [-0.39, 0.29) is 30.7 Å². The molecule has 0 spiro atoms. The molecule has 8 heteroatoms. The Morgan fingerprint density at radius 3 is 2.31 bits per heavy atom. The summed E-state index contributed by atoms with van der Waals surface area (Å²) in [6.45, 7) is 1.68. The number of carboxylic acid groups (broad SMARTS) is 1. The number of aromatic nitrogens is 1. The van der Waals surface area contributed by atoms with Crippen molar-refractivity contribution in [1.82, 2.24) is 15.2 Å². The molecule has 2 amide bonds. The molecule has 0 aliphatic carbocycles. The lowest BCUT2D eigenvalue weighted by atomic mass is 9.79. The first-order valence-electron chi connectivity index (χ1n) is 15.5. The molecule has 1 aromatic heterocycles. The Balaban J connectivity index is 1.18. The van der Waals surface area contributed by atoms with Crippen molar-refractivity contribution in [3.05, 3.63) is 120 Å². The quantitative estimate of drug-likeness (QED) is 0.197. The maximum atomic E-state index is 13.4. The van der Waals surface area contributed by atoms with Crippen LogP contribution >= 0.6 is 0 Å². The van der Waals surface area contributed by atoms with E-state index < -0.39 is 11.9 Å². The van der Waals surface area contributed by atoms with Gasteiger partial charge in [0.15, 0.2) is 0 Å². The van der Waals surface area contributed by atoms with Gasteiger partial charge in [-0.2, -0.15) is 0 Å². The van der Waals surface area contributed by atoms with Crippen LogP contribution < -0.4 is 10.1 Å². The molecule has 1 saturated heterocycles. The van der Waals surface area contributed by atoms with Crippen LogP contribution in [-0.4, -0.2) is 52.4 Å². The second kappa shape index (κ2) is 15.7. The number of aliphatic carboxylic acids is 1. The van der Waals surface area contributed by atoms with Crippen LogP contribution in [-0.2, 0) is 27.4 Å². The molecule has 1 atom stereocenters. The zero-order valence-electron chi connectivity index (χ0n) is 25.3. The fraction of sp³-hybridized carbons (Fsp3) is 0.297. The van der Waals surface area contributed by atoms with Gasteiger partial charge in [-0.05, 0) is 71.2 Å². The standard InChI is InChI=1S/C37H39N3O5/c41-34(16-11-27-8-4-9-31(24-27)32-10-5-20-38-25-32)40-22-18-30(19-23-40)36(37(44)39-21-17-35(42)43)29-12-14-33(15-13-29)45-26-28-6-2-1-3-7-28/h1-10,12-15,20,24-25,30,36H,11,16-19,21-23,26H2,(H,39,44)(H,42,43)/t36-/m1/s1. The van der Waals surface area contributed by atoms with Crippen molar-refractivity contribution in [2.45, 2.75) is 44.6 Å². The fourth-order valence-electron chi connectivity index (χ4n) is 5.88. The second-order valence-electron chi connectivity index (χ2n) is 11.4. The van der Waals surface area contributed by atoms with E-state index in [4.69, 9.17) is 9.84 Å². The van der Waals surface area contributed by atoms with E-state index in [1.807, 2.05) is 96.0 Å². The maximum Gasteiger partial charge on any atom is 0.305 e. The number of carboxylic acids is 1. The number of rotatable bonds is 13. The third kappa shape index (κ3) is 9.01.